The maximum absolute atomic E-state index is 13.5. The van der Waals surface area contributed by atoms with Crippen molar-refractivity contribution in [1.29, 1.82) is 0 Å². The average molecular weight is 1460 g/mol. The third kappa shape index (κ3) is 43.3. The Balaban J connectivity index is 1.29. The van der Waals surface area contributed by atoms with E-state index < -0.39 is 124 Å². The Morgan fingerprint density at radius 3 is 0.980 bits per heavy atom. The van der Waals surface area contributed by atoms with E-state index in [1.165, 1.54) is 276 Å². The van der Waals surface area contributed by atoms with Gasteiger partial charge in [0.05, 0.1) is 38.6 Å². The van der Waals surface area contributed by atoms with E-state index in [0.29, 0.717) is 12.8 Å². The van der Waals surface area contributed by atoms with Gasteiger partial charge < -0.3 is 89.9 Å². The standard InChI is InChI=1S/C83H155NO18/c1-3-5-7-9-11-13-15-17-19-21-22-23-24-25-26-27-28-29-30-31-32-33-34-35-36-37-38-39-40-41-42-43-45-47-49-51-53-55-57-59-61-71(89)84-66(67(88)60-58-56-54-52-50-48-46-44-20-18-16-14-12-10-8-6-4-2)65-97-81-77(95)74(92)79(69(63-86)99-81)102-83-78(96)75(93)80(70(64-87)100-83)101-82-76(94)73(91)72(90)68(62-85)98-82/h20,44,50,52,58,60,66-70,72-83,85-88,90-96H,3-19,21-43,45-49,51,53-57,59,61-65H2,1-2H3,(H,84,89)/b44-20+,52-50+,60-58+. The molecule has 12 N–H and O–H groups in total. The molecule has 3 fully saturated rings. The highest BCUT2D eigenvalue weighted by Crippen LogP contribution is 2.33. The van der Waals surface area contributed by atoms with Crippen molar-refractivity contribution in [3.63, 3.8) is 0 Å². The zero-order valence-electron chi connectivity index (χ0n) is 64.4. The van der Waals surface area contributed by atoms with Crippen molar-refractivity contribution in [2.45, 2.75) is 458 Å². The van der Waals surface area contributed by atoms with Crippen LogP contribution in [0.4, 0.5) is 0 Å². The summed E-state index contributed by atoms with van der Waals surface area (Å²) in [7, 11) is 0. The number of unbranched alkanes of at least 4 members (excludes halogenated alkanes) is 48. The van der Waals surface area contributed by atoms with Crippen molar-refractivity contribution in [2.24, 2.45) is 0 Å². The van der Waals surface area contributed by atoms with Gasteiger partial charge in [-0.15, -0.1) is 0 Å². The summed E-state index contributed by atoms with van der Waals surface area (Å²) in [5.74, 6) is -0.283. The molecule has 3 saturated heterocycles. The van der Waals surface area contributed by atoms with Gasteiger partial charge >= 0.3 is 0 Å². The minimum atomic E-state index is -1.98. The van der Waals surface area contributed by atoms with Crippen molar-refractivity contribution in [1.82, 2.24) is 5.32 Å². The molecule has 0 spiro atoms. The molecule has 19 heteroatoms. The Morgan fingerprint density at radius 1 is 0.343 bits per heavy atom. The highest BCUT2D eigenvalue weighted by atomic mass is 16.8. The van der Waals surface area contributed by atoms with Gasteiger partial charge in [0.15, 0.2) is 18.9 Å². The van der Waals surface area contributed by atoms with Gasteiger partial charge in [0.1, 0.15) is 73.2 Å². The first-order valence-corrected chi connectivity index (χ1v) is 42.2. The number of hydrogen-bond acceptors (Lipinski definition) is 18. The fourth-order valence-corrected chi connectivity index (χ4v) is 14.4. The summed E-state index contributed by atoms with van der Waals surface area (Å²) in [6.45, 7) is 1.74. The molecule has 0 aliphatic carbocycles. The molecule has 0 aromatic rings. The van der Waals surface area contributed by atoms with Gasteiger partial charge in [-0.05, 0) is 44.9 Å². The van der Waals surface area contributed by atoms with Crippen molar-refractivity contribution in [3.05, 3.63) is 36.5 Å². The van der Waals surface area contributed by atoms with Gasteiger partial charge in [0.2, 0.25) is 5.91 Å². The number of allylic oxidation sites excluding steroid dienone is 5. The molecule has 3 aliphatic heterocycles. The molecule has 17 atom stereocenters. The van der Waals surface area contributed by atoms with E-state index in [0.717, 1.165) is 44.9 Å². The summed E-state index contributed by atoms with van der Waals surface area (Å²) in [6, 6.07) is -0.995. The molecule has 600 valence electrons. The van der Waals surface area contributed by atoms with Gasteiger partial charge in [0, 0.05) is 6.42 Å². The third-order valence-corrected chi connectivity index (χ3v) is 21.2. The molecule has 17 unspecified atom stereocenters. The fraction of sp³-hybridized carbons (Fsp3) is 0.916. The number of carbonyl (C=O) groups excluding carboxylic acids is 1. The lowest BCUT2D eigenvalue weighted by Gasteiger charge is -2.48. The number of aliphatic hydroxyl groups is 11. The molecule has 1 amide bonds. The third-order valence-electron chi connectivity index (χ3n) is 21.2. The number of aliphatic hydroxyl groups excluding tert-OH is 11. The van der Waals surface area contributed by atoms with Gasteiger partial charge in [-0.2, -0.15) is 0 Å². The van der Waals surface area contributed by atoms with Crippen molar-refractivity contribution in [2.75, 3.05) is 26.4 Å². The molecule has 0 aromatic carbocycles. The van der Waals surface area contributed by atoms with E-state index in [1.54, 1.807) is 6.08 Å². The Kier molecular flexibility index (Phi) is 59.0. The minimum Gasteiger partial charge on any atom is -0.394 e. The van der Waals surface area contributed by atoms with Crippen LogP contribution < -0.4 is 5.32 Å². The van der Waals surface area contributed by atoms with Crippen LogP contribution in [0.15, 0.2) is 36.5 Å². The van der Waals surface area contributed by atoms with Crippen molar-refractivity contribution < 1.29 is 89.4 Å². The van der Waals surface area contributed by atoms with Crippen LogP contribution in [0.25, 0.3) is 0 Å². The number of rotatable bonds is 68. The van der Waals surface area contributed by atoms with E-state index in [-0.39, 0.29) is 18.9 Å². The van der Waals surface area contributed by atoms with Crippen LogP contribution in [0, 0.1) is 0 Å². The number of carbonyl (C=O) groups is 1. The molecule has 19 nitrogen and oxygen atoms in total. The highest BCUT2D eigenvalue weighted by Gasteiger charge is 2.54. The Morgan fingerprint density at radius 2 is 0.627 bits per heavy atom. The summed E-state index contributed by atoms with van der Waals surface area (Å²) < 4.78 is 34.4. The summed E-state index contributed by atoms with van der Waals surface area (Å²) in [6.07, 6.45) is 53.3. The second kappa shape index (κ2) is 63.9. The molecule has 3 heterocycles. The van der Waals surface area contributed by atoms with E-state index in [9.17, 15) is 61.0 Å². The molecule has 0 aromatic heterocycles. The predicted octanol–water partition coefficient (Wildman–Crippen LogP) is 14.7. The Hall–Kier alpha value is -1.99. The number of amides is 1. The molecular weight excluding hydrogens is 1300 g/mol. The van der Waals surface area contributed by atoms with Gasteiger partial charge in [-0.25, -0.2) is 0 Å². The first-order valence-electron chi connectivity index (χ1n) is 42.2. The van der Waals surface area contributed by atoms with Gasteiger partial charge in [0.25, 0.3) is 0 Å². The summed E-state index contributed by atoms with van der Waals surface area (Å²) in [4.78, 5) is 13.5. The monoisotopic (exact) mass is 1450 g/mol. The maximum atomic E-state index is 13.5. The molecule has 3 rings (SSSR count). The summed E-state index contributed by atoms with van der Waals surface area (Å²) >= 11 is 0. The number of ether oxygens (including phenoxy) is 6. The molecule has 0 radical (unpaired) electrons. The van der Waals surface area contributed by atoms with E-state index >= 15 is 0 Å². The van der Waals surface area contributed by atoms with Gasteiger partial charge in [-0.1, -0.05) is 339 Å². The van der Waals surface area contributed by atoms with E-state index in [4.69, 9.17) is 28.4 Å². The summed E-state index contributed by atoms with van der Waals surface area (Å²) in [5.41, 5.74) is 0. The van der Waals surface area contributed by atoms with Crippen LogP contribution in [0.1, 0.15) is 354 Å². The van der Waals surface area contributed by atoms with Crippen molar-refractivity contribution in [3.8, 4) is 0 Å². The first-order chi connectivity index (χ1) is 49.8. The predicted molar refractivity (Wildman–Crippen MR) is 406 cm³/mol. The lowest BCUT2D eigenvalue weighted by Crippen LogP contribution is -2.66. The van der Waals surface area contributed by atoms with Gasteiger partial charge in [-0.3, -0.25) is 4.79 Å². The quantitative estimate of drug-likeness (QED) is 0.0199. The lowest BCUT2D eigenvalue weighted by molar-refractivity contribution is -0.379. The summed E-state index contributed by atoms with van der Waals surface area (Å²) in [5, 5.41) is 121. The first kappa shape index (κ1) is 94.2. The second-order valence-electron chi connectivity index (χ2n) is 30.3. The molecule has 3 aliphatic rings. The smallest absolute Gasteiger partial charge is 0.220 e. The lowest BCUT2D eigenvalue weighted by atomic mass is 9.96. The molecule has 0 bridgehead atoms. The van der Waals surface area contributed by atoms with Crippen LogP contribution in [0.5, 0.6) is 0 Å². The zero-order valence-corrected chi connectivity index (χ0v) is 64.4. The molecular formula is C83H155NO18. The largest absolute Gasteiger partial charge is 0.394 e. The highest BCUT2D eigenvalue weighted by molar-refractivity contribution is 5.76. The Labute approximate surface area is 619 Å². The van der Waals surface area contributed by atoms with Crippen molar-refractivity contribution >= 4 is 5.91 Å². The van der Waals surface area contributed by atoms with Crippen LogP contribution in [0.2, 0.25) is 0 Å². The maximum Gasteiger partial charge on any atom is 0.220 e. The number of hydrogen-bond donors (Lipinski definition) is 12. The van der Waals surface area contributed by atoms with Crippen LogP contribution >= 0.6 is 0 Å². The van der Waals surface area contributed by atoms with Crippen LogP contribution in [0.3, 0.4) is 0 Å². The fourth-order valence-electron chi connectivity index (χ4n) is 14.4. The van der Waals surface area contributed by atoms with Crippen LogP contribution in [-0.2, 0) is 33.2 Å². The molecule has 102 heavy (non-hydrogen) atoms. The van der Waals surface area contributed by atoms with E-state index in [1.807, 2.05) is 6.08 Å². The minimum absolute atomic E-state index is 0.236. The molecule has 0 saturated carbocycles. The number of nitrogens with one attached hydrogen (secondary N) is 1. The Bertz CT molecular complexity index is 1980. The second-order valence-corrected chi connectivity index (χ2v) is 30.3. The zero-order chi connectivity index (χ0) is 73.9. The normalized spacial score (nSPS) is 26.3. The van der Waals surface area contributed by atoms with E-state index in [2.05, 4.69) is 43.5 Å². The van der Waals surface area contributed by atoms with Crippen LogP contribution in [-0.4, -0.2) is 193 Å². The topological polar surface area (TPSA) is 307 Å². The SMILES string of the molecule is CCCCCCCCC/C=C/CC/C=C/CC/C=C/C(O)C(COC1OC(CO)C(OC2OC(CO)C(OC3OC(CO)C(O)C(O)C3O)C(O)C2O)C(O)C1O)NC(=O)CCCCCCCCCCCCCCCCCCCCCCCCCCCCCCCCCCCCCCCCCC. The average Bonchev–Trinajstić information content (AvgIpc) is 0.782.